The molecule has 8 heteroatoms. The second-order valence-corrected chi connectivity index (χ2v) is 5.48. The highest BCUT2D eigenvalue weighted by Gasteiger charge is 2.15. The van der Waals surface area contributed by atoms with E-state index in [1.807, 2.05) is 0 Å². The van der Waals surface area contributed by atoms with Crippen molar-refractivity contribution in [3.05, 3.63) is 59.9 Å². The summed E-state index contributed by atoms with van der Waals surface area (Å²) in [4.78, 5) is 20.1. The van der Waals surface area contributed by atoms with Crippen molar-refractivity contribution < 1.29 is 13.6 Å². The van der Waals surface area contributed by atoms with Gasteiger partial charge in [-0.1, -0.05) is 11.8 Å². The molecule has 2 heterocycles. The van der Waals surface area contributed by atoms with E-state index >= 15 is 0 Å². The Morgan fingerprint density at radius 1 is 1.17 bits per heavy atom. The van der Waals surface area contributed by atoms with Gasteiger partial charge >= 0.3 is 0 Å². The molecule has 0 bridgehead atoms. The summed E-state index contributed by atoms with van der Waals surface area (Å²) in [6.45, 7) is 0. The number of pyridine rings is 1. The van der Waals surface area contributed by atoms with Crippen LogP contribution in [-0.2, 0) is 0 Å². The Morgan fingerprint density at radius 2 is 1.96 bits per heavy atom. The van der Waals surface area contributed by atoms with Crippen molar-refractivity contribution in [2.75, 3.05) is 5.75 Å². The Hall–Kier alpha value is -2.61. The highest BCUT2D eigenvalue weighted by atomic mass is 32.2. The molecule has 0 spiro atoms. The van der Waals surface area contributed by atoms with Crippen LogP contribution in [0.15, 0.2) is 47.9 Å². The van der Waals surface area contributed by atoms with Gasteiger partial charge in [-0.05, 0) is 30.3 Å². The molecule has 2 aromatic heterocycles. The summed E-state index contributed by atoms with van der Waals surface area (Å²) < 4.78 is 26.6. The van der Waals surface area contributed by atoms with Crippen LogP contribution in [0, 0.1) is 11.6 Å². The number of H-pyrrole nitrogens is 1. The van der Waals surface area contributed by atoms with Crippen molar-refractivity contribution in [1.82, 2.24) is 20.2 Å². The molecular weight excluding hydrogens is 322 g/mol. The minimum atomic E-state index is -0.746. The largest absolute Gasteiger partial charge is 0.293 e. The molecular formula is C15H10F2N4OS. The van der Waals surface area contributed by atoms with Gasteiger partial charge in [0.05, 0.1) is 11.3 Å². The molecule has 0 fully saturated rings. The van der Waals surface area contributed by atoms with Gasteiger partial charge in [-0.2, -0.15) is 0 Å². The topological polar surface area (TPSA) is 71.5 Å². The fourth-order valence-corrected chi connectivity index (χ4v) is 2.55. The molecule has 5 nitrogen and oxygen atoms in total. The summed E-state index contributed by atoms with van der Waals surface area (Å²) >= 11 is 1.05. The molecule has 23 heavy (non-hydrogen) atoms. The number of carbonyl (C=O) groups excluding carboxylic acids is 1. The van der Waals surface area contributed by atoms with Crippen LogP contribution < -0.4 is 0 Å². The number of ketones is 1. The smallest absolute Gasteiger partial charge is 0.209 e. The van der Waals surface area contributed by atoms with Crippen molar-refractivity contribution in [2.24, 2.45) is 0 Å². The maximum Gasteiger partial charge on any atom is 0.209 e. The van der Waals surface area contributed by atoms with Crippen molar-refractivity contribution in [2.45, 2.75) is 5.16 Å². The first-order chi connectivity index (χ1) is 11.1. The fourth-order valence-electron chi connectivity index (χ4n) is 1.87. The number of nitrogens with zero attached hydrogens (tertiary/aromatic N) is 3. The molecule has 0 aliphatic rings. The maximum absolute atomic E-state index is 13.5. The average Bonchev–Trinajstić information content (AvgIpc) is 3.05. The predicted octanol–water partition coefficient (Wildman–Crippen LogP) is 3.12. The van der Waals surface area contributed by atoms with Crippen LogP contribution in [0.3, 0.4) is 0 Å². The van der Waals surface area contributed by atoms with E-state index in [1.165, 1.54) is 0 Å². The van der Waals surface area contributed by atoms with Crippen LogP contribution in [0.25, 0.3) is 11.4 Å². The second kappa shape index (κ2) is 6.66. The van der Waals surface area contributed by atoms with Gasteiger partial charge in [0.25, 0.3) is 0 Å². The number of carbonyl (C=O) groups is 1. The molecule has 3 rings (SSSR count). The third-order valence-corrected chi connectivity index (χ3v) is 3.83. The Balaban J connectivity index is 1.68. The number of halogens is 2. The molecule has 3 aromatic rings. The standard InChI is InChI=1S/C15H10F2N4OS/c16-10-1-2-12(17)11(7-10)13(22)8-23-15-19-14(20-21-15)9-3-5-18-6-4-9/h1-7H,8H2,(H,19,20,21). The lowest BCUT2D eigenvalue weighted by Crippen LogP contribution is -2.06. The van der Waals surface area contributed by atoms with Gasteiger partial charge in [-0.3, -0.25) is 14.9 Å². The zero-order valence-electron chi connectivity index (χ0n) is 11.7. The molecule has 0 aliphatic heterocycles. The van der Waals surface area contributed by atoms with Crippen LogP contribution in [0.4, 0.5) is 8.78 Å². The van der Waals surface area contributed by atoms with E-state index in [4.69, 9.17) is 0 Å². The van der Waals surface area contributed by atoms with E-state index in [0.29, 0.717) is 11.0 Å². The van der Waals surface area contributed by atoms with Gasteiger partial charge in [0, 0.05) is 18.0 Å². The molecule has 116 valence electrons. The van der Waals surface area contributed by atoms with Crippen LogP contribution in [0.5, 0.6) is 0 Å². The number of thioether (sulfide) groups is 1. The molecule has 0 radical (unpaired) electrons. The third-order valence-electron chi connectivity index (χ3n) is 2.98. The van der Waals surface area contributed by atoms with E-state index < -0.39 is 17.4 Å². The number of hydrogen-bond acceptors (Lipinski definition) is 5. The number of aromatic amines is 1. The van der Waals surface area contributed by atoms with Crippen LogP contribution in [0.1, 0.15) is 10.4 Å². The quantitative estimate of drug-likeness (QED) is 0.574. The van der Waals surface area contributed by atoms with Gasteiger partial charge in [0.2, 0.25) is 5.16 Å². The lowest BCUT2D eigenvalue weighted by Gasteiger charge is -2.01. The van der Waals surface area contributed by atoms with E-state index in [9.17, 15) is 13.6 Å². The van der Waals surface area contributed by atoms with E-state index in [2.05, 4.69) is 20.2 Å². The van der Waals surface area contributed by atoms with Gasteiger partial charge in [0.15, 0.2) is 11.6 Å². The number of benzene rings is 1. The van der Waals surface area contributed by atoms with Crippen molar-refractivity contribution in [3.8, 4) is 11.4 Å². The Labute approximate surface area is 134 Å². The molecule has 0 unspecified atom stereocenters. The van der Waals surface area contributed by atoms with Gasteiger partial charge in [-0.15, -0.1) is 5.10 Å². The second-order valence-electron chi connectivity index (χ2n) is 4.54. The molecule has 0 amide bonds. The van der Waals surface area contributed by atoms with Crippen LogP contribution in [0.2, 0.25) is 0 Å². The zero-order valence-corrected chi connectivity index (χ0v) is 12.5. The first kappa shape index (κ1) is 15.3. The number of rotatable bonds is 5. The number of hydrogen-bond donors (Lipinski definition) is 1. The van der Waals surface area contributed by atoms with Crippen LogP contribution >= 0.6 is 11.8 Å². The average molecular weight is 332 g/mol. The fraction of sp³-hybridized carbons (Fsp3) is 0.0667. The summed E-state index contributed by atoms with van der Waals surface area (Å²) in [5.74, 6) is -1.47. The number of aromatic nitrogens is 4. The zero-order chi connectivity index (χ0) is 16.2. The minimum absolute atomic E-state index is 0.0893. The Morgan fingerprint density at radius 3 is 2.74 bits per heavy atom. The Kier molecular flexibility index (Phi) is 4.42. The van der Waals surface area contributed by atoms with E-state index in [-0.39, 0.29) is 11.3 Å². The van der Waals surface area contributed by atoms with Crippen molar-refractivity contribution in [3.63, 3.8) is 0 Å². The van der Waals surface area contributed by atoms with E-state index in [0.717, 1.165) is 35.5 Å². The molecule has 0 saturated carbocycles. The molecule has 0 atom stereocenters. The highest BCUT2D eigenvalue weighted by molar-refractivity contribution is 7.99. The van der Waals surface area contributed by atoms with Crippen molar-refractivity contribution in [1.29, 1.82) is 0 Å². The summed E-state index contributed by atoms with van der Waals surface area (Å²) in [6, 6.07) is 6.32. The molecule has 1 N–H and O–H groups in total. The molecule has 1 aromatic carbocycles. The lowest BCUT2D eigenvalue weighted by atomic mass is 10.1. The van der Waals surface area contributed by atoms with Gasteiger partial charge in [0.1, 0.15) is 11.6 Å². The monoisotopic (exact) mass is 332 g/mol. The lowest BCUT2D eigenvalue weighted by molar-refractivity contribution is 0.101. The molecule has 0 aliphatic carbocycles. The normalized spacial score (nSPS) is 10.7. The van der Waals surface area contributed by atoms with Gasteiger partial charge in [-0.25, -0.2) is 13.8 Å². The van der Waals surface area contributed by atoms with Crippen LogP contribution in [-0.4, -0.2) is 31.7 Å². The summed E-state index contributed by atoms with van der Waals surface area (Å²) in [6.07, 6.45) is 3.25. The number of Topliss-reactive ketones (excluding diaryl/α,β-unsaturated/α-hetero) is 1. The maximum atomic E-state index is 13.5. The predicted molar refractivity (Wildman–Crippen MR) is 81.0 cm³/mol. The highest BCUT2D eigenvalue weighted by Crippen LogP contribution is 2.20. The van der Waals surface area contributed by atoms with E-state index in [1.54, 1.807) is 24.5 Å². The first-order valence-electron chi connectivity index (χ1n) is 6.57. The third kappa shape index (κ3) is 3.59. The summed E-state index contributed by atoms with van der Waals surface area (Å²) in [7, 11) is 0. The molecule has 0 saturated heterocycles. The van der Waals surface area contributed by atoms with Gasteiger partial charge < -0.3 is 0 Å². The minimum Gasteiger partial charge on any atom is -0.293 e. The first-order valence-corrected chi connectivity index (χ1v) is 7.56. The SMILES string of the molecule is O=C(CSc1n[nH]c(-c2ccncc2)n1)c1cc(F)ccc1F. The summed E-state index contributed by atoms with van der Waals surface area (Å²) in [5.41, 5.74) is 0.532. The summed E-state index contributed by atoms with van der Waals surface area (Å²) in [5, 5.41) is 7.08. The van der Waals surface area contributed by atoms with Crippen molar-refractivity contribution >= 4 is 17.5 Å². The Bertz CT molecular complexity index is 839. The number of nitrogens with one attached hydrogen (secondary N) is 1.